The van der Waals surface area contributed by atoms with Crippen LogP contribution in [-0.2, 0) is 0 Å². The Morgan fingerprint density at radius 2 is 1.93 bits per heavy atom. The summed E-state index contributed by atoms with van der Waals surface area (Å²) in [5, 5.41) is 15.6. The molecule has 1 aromatic heterocycles. The molecule has 0 bridgehead atoms. The Bertz CT molecular complexity index is 877. The van der Waals surface area contributed by atoms with Gasteiger partial charge >= 0.3 is 0 Å². The van der Waals surface area contributed by atoms with Crippen LogP contribution in [0.1, 0.15) is 50.5 Å². The van der Waals surface area contributed by atoms with E-state index in [0.29, 0.717) is 5.82 Å². The van der Waals surface area contributed by atoms with Crippen LogP contribution >= 0.6 is 0 Å². The standard InChI is InChI=1S/C22H27N3O2/c26-15-7-1-5-13-25-14-6-4-10-20(25)22-23-21(24-27-22)19-12-11-17-8-2-3-9-18(17)16-19/h2-3,8-9,11-12,16,20,26H,1,4-7,10,13-15H2. The van der Waals surface area contributed by atoms with E-state index in [9.17, 15) is 0 Å². The maximum absolute atomic E-state index is 8.96. The van der Waals surface area contributed by atoms with Crippen molar-refractivity contribution in [2.24, 2.45) is 0 Å². The highest BCUT2D eigenvalue weighted by molar-refractivity contribution is 5.86. The molecule has 0 radical (unpaired) electrons. The lowest BCUT2D eigenvalue weighted by Gasteiger charge is -2.33. The summed E-state index contributed by atoms with van der Waals surface area (Å²) < 4.78 is 5.69. The van der Waals surface area contributed by atoms with E-state index in [1.165, 1.54) is 23.6 Å². The summed E-state index contributed by atoms with van der Waals surface area (Å²) in [6.07, 6.45) is 6.53. The lowest BCUT2D eigenvalue weighted by molar-refractivity contribution is 0.116. The molecule has 5 heteroatoms. The summed E-state index contributed by atoms with van der Waals surface area (Å²) in [6.45, 7) is 2.39. The van der Waals surface area contributed by atoms with Crippen LogP contribution in [0.2, 0.25) is 0 Å². The van der Waals surface area contributed by atoms with Crippen LogP contribution in [0.15, 0.2) is 47.0 Å². The van der Waals surface area contributed by atoms with Crippen molar-refractivity contribution in [3.63, 3.8) is 0 Å². The fourth-order valence-electron chi connectivity index (χ4n) is 3.96. The maximum atomic E-state index is 8.96. The van der Waals surface area contributed by atoms with E-state index >= 15 is 0 Å². The minimum Gasteiger partial charge on any atom is -0.396 e. The molecule has 0 saturated carbocycles. The zero-order chi connectivity index (χ0) is 18.5. The number of likely N-dealkylation sites (tertiary alicyclic amines) is 1. The molecule has 2 heterocycles. The summed E-state index contributed by atoms with van der Waals surface area (Å²) in [7, 11) is 0. The van der Waals surface area contributed by atoms with Gasteiger partial charge in [0.25, 0.3) is 0 Å². The molecule has 1 aliphatic heterocycles. The first-order valence-electron chi connectivity index (χ1n) is 10.0. The Kier molecular flexibility index (Phi) is 5.80. The predicted octanol–water partition coefficient (Wildman–Crippen LogP) is 4.58. The molecule has 5 nitrogen and oxygen atoms in total. The van der Waals surface area contributed by atoms with E-state index in [4.69, 9.17) is 14.6 Å². The van der Waals surface area contributed by atoms with Crippen molar-refractivity contribution in [1.82, 2.24) is 15.0 Å². The van der Waals surface area contributed by atoms with E-state index in [2.05, 4.69) is 40.4 Å². The zero-order valence-corrected chi connectivity index (χ0v) is 15.7. The highest BCUT2D eigenvalue weighted by Crippen LogP contribution is 2.31. The summed E-state index contributed by atoms with van der Waals surface area (Å²) in [4.78, 5) is 7.22. The van der Waals surface area contributed by atoms with Crippen LogP contribution in [0, 0.1) is 0 Å². The SMILES string of the molecule is OCCCCCN1CCCCC1c1nc(-c2ccc3ccccc3c2)no1. The van der Waals surface area contributed by atoms with Gasteiger partial charge in [-0.2, -0.15) is 4.98 Å². The van der Waals surface area contributed by atoms with Crippen molar-refractivity contribution >= 4 is 10.8 Å². The van der Waals surface area contributed by atoms with Gasteiger partial charge in [-0.15, -0.1) is 0 Å². The Hall–Kier alpha value is -2.24. The number of hydrogen-bond acceptors (Lipinski definition) is 5. The number of piperidine rings is 1. The highest BCUT2D eigenvalue weighted by Gasteiger charge is 2.28. The Labute approximate surface area is 160 Å². The van der Waals surface area contributed by atoms with Crippen LogP contribution in [-0.4, -0.2) is 39.8 Å². The molecule has 0 aliphatic carbocycles. The Morgan fingerprint density at radius 3 is 2.81 bits per heavy atom. The number of benzene rings is 2. The molecule has 1 N–H and O–H groups in total. The molecule has 142 valence electrons. The normalized spacial score (nSPS) is 18.2. The van der Waals surface area contributed by atoms with Crippen molar-refractivity contribution in [3.05, 3.63) is 48.4 Å². The van der Waals surface area contributed by atoms with Crippen LogP contribution in [0.5, 0.6) is 0 Å². The van der Waals surface area contributed by atoms with Gasteiger partial charge in [0.05, 0.1) is 6.04 Å². The largest absolute Gasteiger partial charge is 0.396 e. The highest BCUT2D eigenvalue weighted by atomic mass is 16.5. The molecule has 0 spiro atoms. The van der Waals surface area contributed by atoms with Crippen molar-refractivity contribution in [1.29, 1.82) is 0 Å². The number of aliphatic hydroxyl groups excluding tert-OH is 1. The van der Waals surface area contributed by atoms with Crippen LogP contribution in [0.25, 0.3) is 22.2 Å². The van der Waals surface area contributed by atoms with E-state index < -0.39 is 0 Å². The predicted molar refractivity (Wildman–Crippen MR) is 106 cm³/mol. The van der Waals surface area contributed by atoms with Crippen LogP contribution in [0.3, 0.4) is 0 Å². The summed E-state index contributed by atoms with van der Waals surface area (Å²) in [5.41, 5.74) is 0.994. The van der Waals surface area contributed by atoms with Gasteiger partial charge in [0.1, 0.15) is 0 Å². The van der Waals surface area contributed by atoms with Gasteiger partial charge in [0.2, 0.25) is 11.7 Å². The fourth-order valence-corrected chi connectivity index (χ4v) is 3.96. The number of hydrogen-bond donors (Lipinski definition) is 1. The van der Waals surface area contributed by atoms with Crippen molar-refractivity contribution < 1.29 is 9.63 Å². The van der Waals surface area contributed by atoms with Crippen molar-refractivity contribution in [3.8, 4) is 11.4 Å². The molecule has 1 atom stereocenters. The zero-order valence-electron chi connectivity index (χ0n) is 15.7. The smallest absolute Gasteiger partial charge is 0.244 e. The second kappa shape index (κ2) is 8.63. The molecule has 1 saturated heterocycles. The third-order valence-electron chi connectivity index (χ3n) is 5.45. The van der Waals surface area contributed by atoms with E-state index in [1.807, 2.05) is 12.1 Å². The van der Waals surface area contributed by atoms with Gasteiger partial charge in [-0.1, -0.05) is 48.0 Å². The molecule has 0 amide bonds. The first kappa shape index (κ1) is 18.1. The Balaban J connectivity index is 1.51. The number of aliphatic hydroxyl groups is 1. The molecule has 1 unspecified atom stereocenters. The third kappa shape index (κ3) is 4.20. The monoisotopic (exact) mass is 365 g/mol. The molecule has 2 aromatic carbocycles. The number of fused-ring (bicyclic) bond motifs is 1. The minimum absolute atomic E-state index is 0.217. The Morgan fingerprint density at radius 1 is 1.04 bits per heavy atom. The maximum Gasteiger partial charge on any atom is 0.244 e. The lowest BCUT2D eigenvalue weighted by Crippen LogP contribution is -2.34. The second-order valence-electron chi connectivity index (χ2n) is 7.35. The molecule has 1 fully saturated rings. The first-order valence-corrected chi connectivity index (χ1v) is 10.0. The fraction of sp³-hybridized carbons (Fsp3) is 0.455. The topological polar surface area (TPSA) is 62.4 Å². The van der Waals surface area contributed by atoms with Crippen LogP contribution in [0.4, 0.5) is 0 Å². The van der Waals surface area contributed by atoms with Gasteiger partial charge in [0, 0.05) is 12.2 Å². The van der Waals surface area contributed by atoms with Gasteiger partial charge in [-0.05, 0) is 62.0 Å². The van der Waals surface area contributed by atoms with E-state index in [1.54, 1.807) is 0 Å². The average Bonchev–Trinajstić information content (AvgIpc) is 3.21. The molecular weight excluding hydrogens is 338 g/mol. The molecule has 27 heavy (non-hydrogen) atoms. The molecule has 4 rings (SSSR count). The summed E-state index contributed by atoms with van der Waals surface area (Å²) >= 11 is 0. The van der Waals surface area contributed by atoms with Gasteiger partial charge in [-0.3, -0.25) is 4.90 Å². The second-order valence-corrected chi connectivity index (χ2v) is 7.35. The molecule has 3 aromatic rings. The quantitative estimate of drug-likeness (QED) is 0.621. The molecule has 1 aliphatic rings. The summed E-state index contributed by atoms with van der Waals surface area (Å²) in [6, 6.07) is 14.8. The third-order valence-corrected chi connectivity index (χ3v) is 5.45. The van der Waals surface area contributed by atoms with Gasteiger partial charge in [-0.25, -0.2) is 0 Å². The minimum atomic E-state index is 0.217. The number of aromatic nitrogens is 2. The number of nitrogens with zero attached hydrogens (tertiary/aromatic N) is 3. The first-order chi connectivity index (χ1) is 13.3. The number of rotatable bonds is 7. The average molecular weight is 365 g/mol. The molecular formula is C22H27N3O2. The van der Waals surface area contributed by atoms with Crippen molar-refractivity contribution in [2.75, 3.05) is 19.7 Å². The van der Waals surface area contributed by atoms with Gasteiger partial charge < -0.3 is 9.63 Å². The van der Waals surface area contributed by atoms with Gasteiger partial charge in [0.15, 0.2) is 0 Å². The van der Waals surface area contributed by atoms with E-state index in [0.717, 1.165) is 50.2 Å². The van der Waals surface area contributed by atoms with Crippen molar-refractivity contribution in [2.45, 2.75) is 44.6 Å². The summed E-state index contributed by atoms with van der Waals surface area (Å²) in [5.74, 6) is 1.40. The van der Waals surface area contributed by atoms with E-state index in [-0.39, 0.29) is 12.6 Å². The number of unbranched alkanes of at least 4 members (excludes halogenated alkanes) is 2. The van der Waals surface area contributed by atoms with Crippen LogP contribution < -0.4 is 0 Å². The lowest BCUT2D eigenvalue weighted by atomic mass is 10.0.